The summed E-state index contributed by atoms with van der Waals surface area (Å²) in [7, 11) is 0. The zero-order chi connectivity index (χ0) is 11.7. The van der Waals surface area contributed by atoms with E-state index in [0.717, 1.165) is 17.9 Å². The molecule has 1 atom stereocenters. The molecular formula is C9H18N2O3S. The summed E-state index contributed by atoms with van der Waals surface area (Å²) >= 11 is 1.81. The number of rotatable bonds is 7. The third-order valence-corrected chi connectivity index (χ3v) is 2.66. The second-order valence-corrected chi connectivity index (χ2v) is 4.40. The number of carbonyl (C=O) groups is 2. The van der Waals surface area contributed by atoms with Gasteiger partial charge in [-0.25, -0.2) is 4.79 Å². The first-order chi connectivity index (χ1) is 7.07. The minimum Gasteiger partial charge on any atom is -0.480 e. The second kappa shape index (κ2) is 8.40. The smallest absolute Gasteiger partial charge is 0.325 e. The predicted molar refractivity (Wildman–Crippen MR) is 61.2 cm³/mol. The number of thioether (sulfide) groups is 1. The zero-order valence-corrected chi connectivity index (χ0v) is 9.89. The molecule has 0 aliphatic carbocycles. The van der Waals surface area contributed by atoms with Crippen molar-refractivity contribution in [3.05, 3.63) is 0 Å². The Morgan fingerprint density at radius 2 is 2.13 bits per heavy atom. The lowest BCUT2D eigenvalue weighted by molar-refractivity contribution is -0.138. The van der Waals surface area contributed by atoms with E-state index in [0.29, 0.717) is 6.54 Å². The van der Waals surface area contributed by atoms with E-state index in [1.54, 1.807) is 0 Å². The average molecular weight is 234 g/mol. The Hall–Kier alpha value is -0.910. The molecule has 15 heavy (non-hydrogen) atoms. The standard InChI is InChI=1S/C9H18N2O3S/c1-3-15-6-4-5-10-9(14)11-7(2)8(12)13/h7H,3-6H2,1-2H3,(H,12,13)(H2,10,11,14). The van der Waals surface area contributed by atoms with E-state index in [-0.39, 0.29) is 0 Å². The van der Waals surface area contributed by atoms with Crippen LogP contribution in [0.3, 0.4) is 0 Å². The molecule has 0 bridgehead atoms. The molecular weight excluding hydrogens is 216 g/mol. The minimum absolute atomic E-state index is 0.425. The van der Waals surface area contributed by atoms with Crippen LogP contribution >= 0.6 is 11.8 Å². The van der Waals surface area contributed by atoms with Crippen LogP contribution in [0.2, 0.25) is 0 Å². The molecule has 0 fully saturated rings. The van der Waals surface area contributed by atoms with Crippen LogP contribution < -0.4 is 10.6 Å². The molecule has 0 rings (SSSR count). The predicted octanol–water partition coefficient (Wildman–Crippen LogP) is 0.902. The highest BCUT2D eigenvalue weighted by Crippen LogP contribution is 1.99. The molecule has 6 heteroatoms. The molecule has 2 amide bonds. The minimum atomic E-state index is -1.04. The van der Waals surface area contributed by atoms with Gasteiger partial charge in [0.15, 0.2) is 0 Å². The molecule has 0 aromatic heterocycles. The van der Waals surface area contributed by atoms with Gasteiger partial charge in [0.1, 0.15) is 6.04 Å². The van der Waals surface area contributed by atoms with Crippen LogP contribution in [0.15, 0.2) is 0 Å². The lowest BCUT2D eigenvalue weighted by Gasteiger charge is -2.10. The van der Waals surface area contributed by atoms with Gasteiger partial charge in [-0.3, -0.25) is 4.79 Å². The fourth-order valence-electron chi connectivity index (χ4n) is 0.830. The van der Waals surface area contributed by atoms with Crippen LogP contribution in [-0.4, -0.2) is 41.2 Å². The summed E-state index contributed by atoms with van der Waals surface area (Å²) in [6, 6.07) is -1.28. The molecule has 0 heterocycles. The summed E-state index contributed by atoms with van der Waals surface area (Å²) in [5.41, 5.74) is 0. The van der Waals surface area contributed by atoms with E-state index in [1.807, 2.05) is 11.8 Å². The first kappa shape index (κ1) is 14.1. The third-order valence-electron chi connectivity index (χ3n) is 1.67. The molecule has 0 aliphatic rings. The van der Waals surface area contributed by atoms with Gasteiger partial charge >= 0.3 is 12.0 Å². The van der Waals surface area contributed by atoms with Crippen LogP contribution in [0, 0.1) is 0 Å². The number of urea groups is 1. The molecule has 88 valence electrons. The molecule has 0 saturated carbocycles. The topological polar surface area (TPSA) is 78.4 Å². The highest BCUT2D eigenvalue weighted by Gasteiger charge is 2.12. The Kier molecular flexibility index (Phi) is 7.89. The zero-order valence-electron chi connectivity index (χ0n) is 9.08. The first-order valence-corrected chi connectivity index (χ1v) is 6.08. The summed E-state index contributed by atoms with van der Waals surface area (Å²) in [6.07, 6.45) is 0.896. The Morgan fingerprint density at radius 3 is 2.67 bits per heavy atom. The summed E-state index contributed by atoms with van der Waals surface area (Å²) in [5, 5.41) is 13.4. The molecule has 1 unspecified atom stereocenters. The Labute approximate surface area is 94.0 Å². The highest BCUT2D eigenvalue weighted by atomic mass is 32.2. The van der Waals surface area contributed by atoms with Gasteiger partial charge in [0, 0.05) is 6.54 Å². The normalized spacial score (nSPS) is 11.9. The van der Waals surface area contributed by atoms with Gasteiger partial charge in [0.2, 0.25) is 0 Å². The van der Waals surface area contributed by atoms with E-state index in [4.69, 9.17) is 5.11 Å². The fraction of sp³-hybridized carbons (Fsp3) is 0.778. The van der Waals surface area contributed by atoms with E-state index in [1.165, 1.54) is 6.92 Å². The van der Waals surface area contributed by atoms with Gasteiger partial charge in [0.25, 0.3) is 0 Å². The van der Waals surface area contributed by atoms with Gasteiger partial charge in [-0.05, 0) is 24.9 Å². The maximum absolute atomic E-state index is 11.1. The summed E-state index contributed by atoms with van der Waals surface area (Å²) in [4.78, 5) is 21.5. The van der Waals surface area contributed by atoms with Gasteiger partial charge < -0.3 is 15.7 Å². The Balaban J connectivity index is 3.45. The third kappa shape index (κ3) is 8.11. The van der Waals surface area contributed by atoms with E-state index in [2.05, 4.69) is 17.6 Å². The van der Waals surface area contributed by atoms with Crippen molar-refractivity contribution in [3.8, 4) is 0 Å². The molecule has 0 radical (unpaired) electrons. The van der Waals surface area contributed by atoms with Crippen molar-refractivity contribution >= 4 is 23.8 Å². The van der Waals surface area contributed by atoms with Crippen molar-refractivity contribution in [1.29, 1.82) is 0 Å². The van der Waals surface area contributed by atoms with Crippen molar-refractivity contribution in [3.63, 3.8) is 0 Å². The van der Waals surface area contributed by atoms with Crippen molar-refractivity contribution in [2.75, 3.05) is 18.1 Å². The molecule has 0 aromatic carbocycles. The second-order valence-electron chi connectivity index (χ2n) is 3.01. The van der Waals surface area contributed by atoms with Gasteiger partial charge in [-0.2, -0.15) is 11.8 Å². The van der Waals surface area contributed by atoms with E-state index >= 15 is 0 Å². The SMILES string of the molecule is CCSCCCNC(=O)NC(C)C(=O)O. The number of hydrogen-bond acceptors (Lipinski definition) is 3. The molecule has 0 saturated heterocycles. The number of amides is 2. The quantitative estimate of drug-likeness (QED) is 0.572. The monoisotopic (exact) mass is 234 g/mol. The van der Waals surface area contributed by atoms with Gasteiger partial charge in [0.05, 0.1) is 0 Å². The highest BCUT2D eigenvalue weighted by molar-refractivity contribution is 7.99. The van der Waals surface area contributed by atoms with Crippen LogP contribution in [0.25, 0.3) is 0 Å². The molecule has 5 nitrogen and oxygen atoms in total. The van der Waals surface area contributed by atoms with Crippen LogP contribution in [0.5, 0.6) is 0 Å². The number of carbonyl (C=O) groups excluding carboxylic acids is 1. The van der Waals surface area contributed by atoms with E-state index < -0.39 is 18.0 Å². The van der Waals surface area contributed by atoms with Crippen LogP contribution in [0.4, 0.5) is 4.79 Å². The molecule has 3 N–H and O–H groups in total. The van der Waals surface area contributed by atoms with Gasteiger partial charge in [-0.1, -0.05) is 6.92 Å². The van der Waals surface area contributed by atoms with Gasteiger partial charge in [-0.15, -0.1) is 0 Å². The first-order valence-electron chi connectivity index (χ1n) is 4.92. The maximum atomic E-state index is 11.1. The fourth-order valence-corrected chi connectivity index (χ4v) is 1.47. The maximum Gasteiger partial charge on any atom is 0.325 e. The van der Waals surface area contributed by atoms with Crippen molar-refractivity contribution in [1.82, 2.24) is 10.6 Å². The van der Waals surface area contributed by atoms with Crippen molar-refractivity contribution in [2.24, 2.45) is 0 Å². The van der Waals surface area contributed by atoms with Crippen molar-refractivity contribution in [2.45, 2.75) is 26.3 Å². The number of nitrogens with one attached hydrogen (secondary N) is 2. The Morgan fingerprint density at radius 1 is 1.47 bits per heavy atom. The summed E-state index contributed by atoms with van der Waals surface area (Å²) in [6.45, 7) is 4.08. The largest absolute Gasteiger partial charge is 0.480 e. The average Bonchev–Trinajstić information content (AvgIpc) is 2.17. The van der Waals surface area contributed by atoms with Crippen LogP contribution in [-0.2, 0) is 4.79 Å². The molecule has 0 aliphatic heterocycles. The summed E-state index contributed by atoms with van der Waals surface area (Å²) in [5.74, 6) is 1.04. The molecule has 0 aromatic rings. The number of carboxylic acids is 1. The van der Waals surface area contributed by atoms with E-state index in [9.17, 15) is 9.59 Å². The number of aliphatic carboxylic acids is 1. The number of carboxylic acid groups (broad SMARTS) is 1. The van der Waals surface area contributed by atoms with Crippen molar-refractivity contribution < 1.29 is 14.7 Å². The molecule has 0 spiro atoms. The van der Waals surface area contributed by atoms with Crippen LogP contribution in [0.1, 0.15) is 20.3 Å². The lowest BCUT2D eigenvalue weighted by atomic mass is 10.3. The summed E-state index contributed by atoms with van der Waals surface area (Å²) < 4.78 is 0. The lowest BCUT2D eigenvalue weighted by Crippen LogP contribution is -2.44. The Bertz CT molecular complexity index is 212. The number of hydrogen-bond donors (Lipinski definition) is 3.